The van der Waals surface area contributed by atoms with Gasteiger partial charge in [-0.15, -0.1) is 23.5 Å². The van der Waals surface area contributed by atoms with Crippen LogP contribution in [0.2, 0.25) is 0 Å². The van der Waals surface area contributed by atoms with Gasteiger partial charge in [-0.25, -0.2) is 0 Å². The SMILES string of the molecule is CCCCSC(C)(SCCCC)c1ccc(C)cc1. The molecule has 0 saturated carbocycles. The molecule has 0 radical (unpaired) electrons. The van der Waals surface area contributed by atoms with Gasteiger partial charge in [0.25, 0.3) is 0 Å². The Morgan fingerprint density at radius 1 is 0.895 bits per heavy atom. The largest absolute Gasteiger partial charge is 0.140 e. The third-order valence-electron chi connectivity index (χ3n) is 3.33. The lowest BCUT2D eigenvalue weighted by molar-refractivity contribution is 0.878. The number of unbranched alkanes of at least 4 members (excludes halogenated alkanes) is 2. The van der Waals surface area contributed by atoms with Crippen molar-refractivity contribution in [2.75, 3.05) is 11.5 Å². The van der Waals surface area contributed by atoms with Crippen LogP contribution >= 0.6 is 23.5 Å². The Balaban J connectivity index is 2.74. The molecule has 0 amide bonds. The fourth-order valence-electron chi connectivity index (χ4n) is 1.89. The van der Waals surface area contributed by atoms with Crippen molar-refractivity contribution >= 4 is 23.5 Å². The summed E-state index contributed by atoms with van der Waals surface area (Å²) in [6.45, 7) is 9.11. The Morgan fingerprint density at radius 2 is 1.37 bits per heavy atom. The molecule has 0 unspecified atom stereocenters. The molecule has 2 heteroatoms. The first-order valence-electron chi connectivity index (χ1n) is 7.47. The summed E-state index contributed by atoms with van der Waals surface area (Å²) in [4.78, 5) is 0. The molecule has 0 saturated heterocycles. The van der Waals surface area contributed by atoms with Crippen molar-refractivity contribution in [2.45, 2.75) is 57.5 Å². The van der Waals surface area contributed by atoms with Crippen LogP contribution in [0, 0.1) is 6.92 Å². The second kappa shape index (κ2) is 8.97. The van der Waals surface area contributed by atoms with Gasteiger partial charge >= 0.3 is 0 Å². The molecule has 0 aliphatic carbocycles. The molecule has 0 spiro atoms. The second-order valence-corrected chi connectivity index (χ2v) is 8.50. The van der Waals surface area contributed by atoms with Gasteiger partial charge in [-0.2, -0.15) is 0 Å². The van der Waals surface area contributed by atoms with E-state index in [0.29, 0.717) is 0 Å². The fourth-order valence-corrected chi connectivity index (χ4v) is 4.97. The summed E-state index contributed by atoms with van der Waals surface area (Å²) < 4.78 is 0.220. The molecule has 0 bridgehead atoms. The number of hydrogen-bond acceptors (Lipinski definition) is 2. The maximum Gasteiger partial charge on any atom is 0.0832 e. The maximum absolute atomic E-state index is 2.40. The van der Waals surface area contributed by atoms with Crippen LogP contribution in [0.4, 0.5) is 0 Å². The van der Waals surface area contributed by atoms with E-state index < -0.39 is 0 Å². The summed E-state index contributed by atoms with van der Waals surface area (Å²) in [7, 11) is 0. The third-order valence-corrected chi connectivity index (χ3v) is 6.59. The van der Waals surface area contributed by atoms with Crippen molar-refractivity contribution < 1.29 is 0 Å². The summed E-state index contributed by atoms with van der Waals surface area (Å²) in [5.74, 6) is 2.53. The minimum atomic E-state index is 0.220. The normalized spacial score (nSPS) is 11.8. The van der Waals surface area contributed by atoms with E-state index in [2.05, 4.69) is 75.5 Å². The molecule has 0 aromatic heterocycles. The van der Waals surface area contributed by atoms with Crippen LogP contribution in [-0.2, 0) is 4.08 Å². The van der Waals surface area contributed by atoms with Crippen molar-refractivity contribution in [1.29, 1.82) is 0 Å². The highest BCUT2D eigenvalue weighted by Crippen LogP contribution is 2.46. The van der Waals surface area contributed by atoms with Crippen molar-refractivity contribution in [3.8, 4) is 0 Å². The van der Waals surface area contributed by atoms with Gasteiger partial charge in [0.1, 0.15) is 0 Å². The van der Waals surface area contributed by atoms with Crippen LogP contribution in [0.5, 0.6) is 0 Å². The first kappa shape index (κ1) is 17.0. The Kier molecular flexibility index (Phi) is 8.01. The Morgan fingerprint density at radius 3 is 1.79 bits per heavy atom. The van der Waals surface area contributed by atoms with Gasteiger partial charge in [0.2, 0.25) is 0 Å². The average molecular weight is 297 g/mol. The van der Waals surface area contributed by atoms with Crippen LogP contribution in [0.3, 0.4) is 0 Å². The molecule has 0 N–H and O–H groups in total. The van der Waals surface area contributed by atoms with Crippen LogP contribution < -0.4 is 0 Å². The van der Waals surface area contributed by atoms with Crippen molar-refractivity contribution in [1.82, 2.24) is 0 Å². The molecule has 0 atom stereocenters. The van der Waals surface area contributed by atoms with Crippen molar-refractivity contribution in [3.63, 3.8) is 0 Å². The van der Waals surface area contributed by atoms with Crippen LogP contribution in [0.1, 0.15) is 57.6 Å². The van der Waals surface area contributed by atoms with Crippen molar-refractivity contribution in [3.05, 3.63) is 35.4 Å². The Labute approximate surface area is 128 Å². The molecular formula is C17H28S2. The lowest BCUT2D eigenvalue weighted by atomic mass is 10.1. The number of rotatable bonds is 9. The van der Waals surface area contributed by atoms with E-state index in [0.717, 1.165) is 0 Å². The number of benzene rings is 1. The number of thioether (sulfide) groups is 2. The predicted octanol–water partition coefficient (Wildman–Crippen LogP) is 6.23. The van der Waals surface area contributed by atoms with Crippen molar-refractivity contribution in [2.24, 2.45) is 0 Å². The lowest BCUT2D eigenvalue weighted by Crippen LogP contribution is -2.14. The molecule has 0 aliphatic heterocycles. The minimum absolute atomic E-state index is 0.220. The molecule has 1 aromatic carbocycles. The van der Waals surface area contributed by atoms with Gasteiger partial charge < -0.3 is 0 Å². The molecule has 0 aliphatic rings. The summed E-state index contributed by atoms with van der Waals surface area (Å²) >= 11 is 4.24. The Bertz CT molecular complexity index is 333. The van der Waals surface area contributed by atoms with E-state index in [9.17, 15) is 0 Å². The Hall–Kier alpha value is -0.0800. The van der Waals surface area contributed by atoms with Crippen LogP contribution in [-0.4, -0.2) is 11.5 Å². The van der Waals surface area contributed by atoms with E-state index in [-0.39, 0.29) is 4.08 Å². The van der Waals surface area contributed by atoms with E-state index in [1.54, 1.807) is 0 Å². The van der Waals surface area contributed by atoms with E-state index in [4.69, 9.17) is 0 Å². The van der Waals surface area contributed by atoms with Gasteiger partial charge in [0.15, 0.2) is 0 Å². The minimum Gasteiger partial charge on any atom is -0.140 e. The summed E-state index contributed by atoms with van der Waals surface area (Å²) in [6.07, 6.45) is 5.22. The molecule has 0 heterocycles. The van der Waals surface area contributed by atoms with Gasteiger partial charge in [0.05, 0.1) is 4.08 Å². The maximum atomic E-state index is 2.40. The summed E-state index contributed by atoms with van der Waals surface area (Å²) in [6, 6.07) is 9.11. The monoisotopic (exact) mass is 296 g/mol. The highest BCUT2D eigenvalue weighted by Gasteiger charge is 2.27. The highest BCUT2D eigenvalue weighted by molar-refractivity contribution is 8.17. The lowest BCUT2D eigenvalue weighted by Gasteiger charge is -2.29. The second-order valence-electron chi connectivity index (χ2n) is 5.22. The standard InChI is InChI=1S/C17H28S2/c1-5-7-13-18-17(4,19-14-8-6-2)16-11-9-15(3)10-12-16/h9-12H,5-8,13-14H2,1-4H3. The van der Waals surface area contributed by atoms with Gasteiger partial charge in [-0.05, 0) is 43.8 Å². The molecular weight excluding hydrogens is 268 g/mol. The molecule has 0 fully saturated rings. The van der Waals surface area contributed by atoms with Crippen LogP contribution in [0.15, 0.2) is 24.3 Å². The number of hydrogen-bond donors (Lipinski definition) is 0. The van der Waals surface area contributed by atoms with Gasteiger partial charge in [-0.3, -0.25) is 0 Å². The average Bonchev–Trinajstić information content (AvgIpc) is 2.40. The van der Waals surface area contributed by atoms with E-state index in [1.807, 2.05) is 0 Å². The van der Waals surface area contributed by atoms with Gasteiger partial charge in [0, 0.05) is 0 Å². The molecule has 1 rings (SSSR count). The zero-order valence-electron chi connectivity index (χ0n) is 12.9. The summed E-state index contributed by atoms with van der Waals surface area (Å²) in [5, 5.41) is 0. The fraction of sp³-hybridized carbons (Fsp3) is 0.647. The zero-order chi connectivity index (χ0) is 14.1. The zero-order valence-corrected chi connectivity index (χ0v) is 14.5. The quantitative estimate of drug-likeness (QED) is 0.391. The first-order valence-corrected chi connectivity index (χ1v) is 9.44. The van der Waals surface area contributed by atoms with E-state index in [1.165, 1.54) is 48.3 Å². The first-order chi connectivity index (χ1) is 9.12. The predicted molar refractivity (Wildman–Crippen MR) is 93.3 cm³/mol. The third kappa shape index (κ3) is 5.83. The van der Waals surface area contributed by atoms with Gasteiger partial charge in [-0.1, -0.05) is 56.5 Å². The van der Waals surface area contributed by atoms with E-state index >= 15 is 0 Å². The number of aryl methyl sites for hydroxylation is 1. The van der Waals surface area contributed by atoms with Crippen LogP contribution in [0.25, 0.3) is 0 Å². The smallest absolute Gasteiger partial charge is 0.0832 e. The highest BCUT2D eigenvalue weighted by atomic mass is 32.2. The molecule has 19 heavy (non-hydrogen) atoms. The summed E-state index contributed by atoms with van der Waals surface area (Å²) in [5.41, 5.74) is 2.82. The molecule has 108 valence electrons. The molecule has 1 aromatic rings. The molecule has 0 nitrogen and oxygen atoms in total. The topological polar surface area (TPSA) is 0 Å².